The molecular weight excluding hydrogens is 535 g/mol. The number of carbonyl (C=O) groups is 2. The van der Waals surface area contributed by atoms with Crippen LogP contribution in [0.15, 0.2) is 108 Å². The monoisotopic (exact) mass is 562 g/mol. The lowest BCUT2D eigenvalue weighted by molar-refractivity contribution is -0.137. The molecule has 1 atom stereocenters. The zero-order chi connectivity index (χ0) is 28.5. The van der Waals surface area contributed by atoms with Gasteiger partial charge in [-0.25, -0.2) is 23.2 Å². The molecular formula is C30H27FN2O6S. The lowest BCUT2D eigenvalue weighted by Crippen LogP contribution is -2.36. The number of anilines is 1. The van der Waals surface area contributed by atoms with Crippen LogP contribution >= 0.6 is 0 Å². The molecule has 2 N–H and O–H groups in total. The number of nitrogens with one attached hydrogen (secondary N) is 1. The lowest BCUT2D eigenvalue weighted by Gasteiger charge is -2.19. The Bertz CT molecular complexity index is 1550. The molecule has 206 valence electrons. The van der Waals surface area contributed by atoms with E-state index in [0.717, 1.165) is 0 Å². The molecule has 0 fully saturated rings. The normalized spacial score (nSPS) is 11.9. The molecule has 1 unspecified atom stereocenters. The number of benzene rings is 4. The quantitative estimate of drug-likeness (QED) is 0.168. The van der Waals surface area contributed by atoms with Crippen molar-refractivity contribution in [2.45, 2.75) is 23.8 Å². The predicted octanol–water partition coefficient (Wildman–Crippen LogP) is 5.32. The van der Waals surface area contributed by atoms with Crippen LogP contribution in [-0.2, 0) is 26.0 Å². The smallest absolute Gasteiger partial charge is 0.303 e. The first kappa shape index (κ1) is 28.5. The Kier molecular flexibility index (Phi) is 9.26. The number of carboxylic acid groups (broad SMARTS) is 1. The van der Waals surface area contributed by atoms with E-state index in [9.17, 15) is 27.5 Å². The number of aliphatic carboxylic acids is 1. The maximum atomic E-state index is 13.4. The third kappa shape index (κ3) is 7.75. The highest BCUT2D eigenvalue weighted by Crippen LogP contribution is 2.28. The van der Waals surface area contributed by atoms with Crippen LogP contribution in [-0.4, -0.2) is 31.7 Å². The molecule has 0 aromatic heterocycles. The number of halogens is 1. The first-order valence-corrected chi connectivity index (χ1v) is 14.0. The number of carbonyl (C=O) groups excluding carboxylic acids is 1. The van der Waals surface area contributed by atoms with E-state index in [-0.39, 0.29) is 29.4 Å². The van der Waals surface area contributed by atoms with Crippen molar-refractivity contribution in [2.24, 2.45) is 0 Å². The number of hydrazine groups is 1. The molecule has 0 saturated heterocycles. The number of sulfone groups is 1. The molecule has 40 heavy (non-hydrogen) atoms. The van der Waals surface area contributed by atoms with Crippen molar-refractivity contribution in [1.29, 1.82) is 0 Å². The summed E-state index contributed by atoms with van der Waals surface area (Å²) in [7, 11) is -3.77. The molecule has 0 aliphatic rings. The van der Waals surface area contributed by atoms with Gasteiger partial charge in [-0.3, -0.25) is 9.59 Å². The summed E-state index contributed by atoms with van der Waals surface area (Å²) >= 11 is 0. The van der Waals surface area contributed by atoms with E-state index < -0.39 is 21.7 Å². The number of carboxylic acids is 1. The number of nitrogens with zero attached hydrogens (tertiary/aromatic N) is 1. The molecule has 0 aliphatic carbocycles. The van der Waals surface area contributed by atoms with Crippen LogP contribution < -0.4 is 15.2 Å². The second kappa shape index (κ2) is 13.0. The second-order valence-corrected chi connectivity index (χ2v) is 11.0. The zero-order valence-corrected chi connectivity index (χ0v) is 22.1. The van der Waals surface area contributed by atoms with Gasteiger partial charge in [-0.2, -0.15) is 0 Å². The SMILES string of the molecule is O=CN(NCc1cccc(F)c1)c1ccc(Oc2ccc(S(=O)(=O)CC(CC(=O)O)c3ccccc3)cc2)cc1. The fraction of sp³-hybridized carbons (Fsp3) is 0.133. The maximum Gasteiger partial charge on any atom is 0.303 e. The number of ether oxygens (including phenoxy) is 1. The van der Waals surface area contributed by atoms with E-state index in [4.69, 9.17) is 4.74 Å². The highest BCUT2D eigenvalue weighted by atomic mass is 32.2. The molecule has 0 bridgehead atoms. The highest BCUT2D eigenvalue weighted by molar-refractivity contribution is 7.91. The van der Waals surface area contributed by atoms with E-state index in [1.165, 1.54) is 41.4 Å². The van der Waals surface area contributed by atoms with Crippen molar-refractivity contribution in [2.75, 3.05) is 10.8 Å². The summed E-state index contributed by atoms with van der Waals surface area (Å²) in [5, 5.41) is 10.6. The van der Waals surface area contributed by atoms with Gasteiger partial charge in [-0.15, -0.1) is 0 Å². The molecule has 4 aromatic rings. The number of rotatable bonds is 13. The van der Waals surface area contributed by atoms with Gasteiger partial charge in [0.2, 0.25) is 6.41 Å². The zero-order valence-electron chi connectivity index (χ0n) is 21.3. The van der Waals surface area contributed by atoms with Crippen LogP contribution in [0.1, 0.15) is 23.5 Å². The van der Waals surface area contributed by atoms with Crippen molar-refractivity contribution in [1.82, 2.24) is 5.43 Å². The lowest BCUT2D eigenvalue weighted by atomic mass is 9.98. The maximum absolute atomic E-state index is 13.4. The van der Waals surface area contributed by atoms with Crippen LogP contribution in [0.25, 0.3) is 0 Å². The standard InChI is InChI=1S/C30H27FN2O6S/c31-25-8-4-5-22(17-25)19-32-33(21-34)26-9-11-27(12-10-26)39-28-13-15-29(16-14-28)40(37,38)20-24(18-30(35)36)23-6-2-1-3-7-23/h1-17,21,24,32H,18-20H2,(H,35,36). The van der Waals surface area contributed by atoms with Gasteiger partial charge in [0.15, 0.2) is 9.84 Å². The largest absolute Gasteiger partial charge is 0.481 e. The first-order chi connectivity index (χ1) is 19.2. The summed E-state index contributed by atoms with van der Waals surface area (Å²) < 4.78 is 45.3. The van der Waals surface area contributed by atoms with Crippen LogP contribution in [0.5, 0.6) is 11.5 Å². The fourth-order valence-corrected chi connectivity index (χ4v) is 5.69. The predicted molar refractivity (Wildman–Crippen MR) is 148 cm³/mol. The molecule has 0 saturated carbocycles. The molecule has 8 nitrogen and oxygen atoms in total. The van der Waals surface area contributed by atoms with E-state index in [0.29, 0.717) is 34.7 Å². The molecule has 0 heterocycles. The van der Waals surface area contributed by atoms with Crippen LogP contribution in [0.4, 0.5) is 10.1 Å². The summed E-state index contributed by atoms with van der Waals surface area (Å²) in [4.78, 5) is 23.0. The third-order valence-electron chi connectivity index (χ3n) is 6.09. The fourth-order valence-electron chi connectivity index (χ4n) is 4.11. The van der Waals surface area contributed by atoms with Gasteiger partial charge in [0.25, 0.3) is 0 Å². The number of amides is 1. The molecule has 10 heteroatoms. The molecule has 1 amide bonds. The molecule has 4 aromatic carbocycles. The average Bonchev–Trinajstić information content (AvgIpc) is 2.94. The summed E-state index contributed by atoms with van der Waals surface area (Å²) in [6, 6.07) is 27.3. The summed E-state index contributed by atoms with van der Waals surface area (Å²) in [5.41, 5.74) is 4.78. The summed E-state index contributed by atoms with van der Waals surface area (Å²) in [6.07, 6.45) is 0.301. The average molecular weight is 563 g/mol. The van der Waals surface area contributed by atoms with Crippen LogP contribution in [0, 0.1) is 5.82 Å². The van der Waals surface area contributed by atoms with E-state index in [2.05, 4.69) is 5.43 Å². The van der Waals surface area contributed by atoms with Gasteiger partial charge < -0.3 is 9.84 Å². The van der Waals surface area contributed by atoms with Crippen molar-refractivity contribution >= 4 is 27.9 Å². The Morgan fingerprint density at radius 3 is 2.17 bits per heavy atom. The Hall–Kier alpha value is -4.54. The topological polar surface area (TPSA) is 113 Å². The van der Waals surface area contributed by atoms with Crippen LogP contribution in [0.2, 0.25) is 0 Å². The van der Waals surface area contributed by atoms with Gasteiger partial charge in [0, 0.05) is 12.5 Å². The van der Waals surface area contributed by atoms with Gasteiger partial charge in [0.05, 0.1) is 22.8 Å². The molecule has 0 spiro atoms. The Morgan fingerprint density at radius 2 is 1.57 bits per heavy atom. The van der Waals surface area contributed by atoms with E-state index >= 15 is 0 Å². The Morgan fingerprint density at radius 1 is 0.925 bits per heavy atom. The minimum absolute atomic E-state index is 0.0625. The summed E-state index contributed by atoms with van der Waals surface area (Å²) in [6.45, 7) is 0.242. The first-order valence-electron chi connectivity index (χ1n) is 12.3. The Labute approximate surface area is 231 Å². The van der Waals surface area contributed by atoms with Crippen LogP contribution in [0.3, 0.4) is 0 Å². The van der Waals surface area contributed by atoms with E-state index in [1.54, 1.807) is 66.7 Å². The van der Waals surface area contributed by atoms with E-state index in [1.807, 2.05) is 0 Å². The van der Waals surface area contributed by atoms with Crippen molar-refractivity contribution in [3.8, 4) is 11.5 Å². The highest BCUT2D eigenvalue weighted by Gasteiger charge is 2.25. The third-order valence-corrected chi connectivity index (χ3v) is 7.93. The van der Waals surface area contributed by atoms with Gasteiger partial charge >= 0.3 is 5.97 Å². The number of hydrogen-bond donors (Lipinski definition) is 2. The Balaban J connectivity index is 1.39. The summed E-state index contributed by atoms with van der Waals surface area (Å²) in [5.74, 6) is -1.61. The molecule has 0 aliphatic heterocycles. The van der Waals surface area contributed by atoms with Crippen molar-refractivity contribution in [3.05, 3.63) is 120 Å². The molecule has 0 radical (unpaired) electrons. The van der Waals surface area contributed by atoms with Gasteiger partial charge in [0.1, 0.15) is 17.3 Å². The van der Waals surface area contributed by atoms with Gasteiger partial charge in [-0.05, 0) is 71.8 Å². The number of hydrogen-bond acceptors (Lipinski definition) is 6. The minimum atomic E-state index is -3.77. The van der Waals surface area contributed by atoms with Gasteiger partial charge in [-0.1, -0.05) is 42.5 Å². The van der Waals surface area contributed by atoms with Crippen molar-refractivity contribution in [3.63, 3.8) is 0 Å². The minimum Gasteiger partial charge on any atom is -0.481 e. The second-order valence-electron chi connectivity index (χ2n) is 8.99. The molecule has 4 rings (SSSR count). The van der Waals surface area contributed by atoms with Crippen molar-refractivity contribution < 1.29 is 32.2 Å².